The van der Waals surface area contributed by atoms with Crippen LogP contribution < -0.4 is 10.1 Å². The van der Waals surface area contributed by atoms with Crippen LogP contribution in [0.15, 0.2) is 52.4 Å². The molecule has 0 spiro atoms. The highest BCUT2D eigenvalue weighted by atomic mass is 79.9. The zero-order valence-electron chi connectivity index (χ0n) is 12.4. The van der Waals surface area contributed by atoms with Gasteiger partial charge in [-0.15, -0.1) is 11.3 Å². The molecule has 0 aliphatic carbocycles. The number of aromatic nitrogens is 1. The number of hydrogen-bond donors (Lipinski definition) is 1. The van der Waals surface area contributed by atoms with Crippen molar-refractivity contribution in [2.24, 2.45) is 0 Å². The number of thiazole rings is 1. The smallest absolute Gasteiger partial charge is 0.182 e. The Kier molecular flexibility index (Phi) is 6.00. The van der Waals surface area contributed by atoms with E-state index in [-0.39, 0.29) is 0 Å². The lowest BCUT2D eigenvalue weighted by molar-refractivity contribution is 0.303. The molecule has 7 heteroatoms. The van der Waals surface area contributed by atoms with E-state index in [1.807, 2.05) is 29.6 Å². The number of rotatable bonds is 6. The normalized spacial score (nSPS) is 10.6. The molecule has 1 heterocycles. The lowest BCUT2D eigenvalue weighted by atomic mass is 10.2. The number of halogens is 3. The Labute approximate surface area is 162 Å². The summed E-state index contributed by atoms with van der Waals surface area (Å²) in [6.07, 6.45) is 1.77. The van der Waals surface area contributed by atoms with Gasteiger partial charge in [-0.25, -0.2) is 4.98 Å². The Balaban J connectivity index is 1.75. The summed E-state index contributed by atoms with van der Waals surface area (Å²) in [6.45, 7) is 0.920. The van der Waals surface area contributed by atoms with E-state index in [1.165, 1.54) is 0 Å². The second kappa shape index (κ2) is 8.21. The summed E-state index contributed by atoms with van der Waals surface area (Å²) in [5.74, 6) is 0.776. The van der Waals surface area contributed by atoms with Crippen LogP contribution in [0.25, 0.3) is 0 Å². The molecule has 3 aromatic rings. The van der Waals surface area contributed by atoms with Gasteiger partial charge in [0.2, 0.25) is 0 Å². The average Bonchev–Trinajstić information content (AvgIpc) is 3.07. The molecule has 0 atom stereocenters. The standard InChI is InChI=1S/C17H13BrCl2N2OS/c18-12-4-5-16(11(8-12)9-22-17-21-6-7-24-17)23-10-13-14(19)2-1-3-15(13)20/h1-8H,9-10H2,(H,21,22). The molecule has 0 amide bonds. The summed E-state index contributed by atoms with van der Waals surface area (Å²) in [5.41, 5.74) is 1.80. The van der Waals surface area contributed by atoms with E-state index in [0.717, 1.165) is 26.5 Å². The number of ether oxygens (including phenoxy) is 1. The molecule has 3 nitrogen and oxygen atoms in total. The van der Waals surface area contributed by atoms with Gasteiger partial charge in [0.15, 0.2) is 5.13 Å². The SMILES string of the molecule is Clc1cccc(Cl)c1COc1ccc(Br)cc1CNc1nccs1. The molecule has 0 aliphatic rings. The molecule has 2 aromatic carbocycles. The minimum Gasteiger partial charge on any atom is -0.488 e. The fourth-order valence-electron chi connectivity index (χ4n) is 2.13. The summed E-state index contributed by atoms with van der Waals surface area (Å²) < 4.78 is 6.95. The van der Waals surface area contributed by atoms with E-state index in [4.69, 9.17) is 27.9 Å². The molecule has 1 aromatic heterocycles. The van der Waals surface area contributed by atoms with Crippen molar-refractivity contribution in [1.29, 1.82) is 0 Å². The van der Waals surface area contributed by atoms with Crippen molar-refractivity contribution in [3.05, 3.63) is 73.6 Å². The van der Waals surface area contributed by atoms with Crippen molar-refractivity contribution in [2.45, 2.75) is 13.2 Å². The number of nitrogens with zero attached hydrogens (tertiary/aromatic N) is 1. The first kappa shape index (κ1) is 17.5. The van der Waals surface area contributed by atoms with Crippen LogP contribution in [0.3, 0.4) is 0 Å². The highest BCUT2D eigenvalue weighted by molar-refractivity contribution is 9.10. The molecule has 0 bridgehead atoms. The third kappa shape index (κ3) is 4.42. The predicted octanol–water partition coefficient (Wildman–Crippen LogP) is 6.40. The Bertz CT molecular complexity index is 807. The van der Waals surface area contributed by atoms with E-state index in [9.17, 15) is 0 Å². The summed E-state index contributed by atoms with van der Waals surface area (Å²) in [5, 5.41) is 7.28. The van der Waals surface area contributed by atoms with Crippen LogP contribution in [0.1, 0.15) is 11.1 Å². The zero-order valence-corrected chi connectivity index (χ0v) is 16.3. The molecular formula is C17H13BrCl2N2OS. The van der Waals surface area contributed by atoms with Crippen LogP contribution in [-0.2, 0) is 13.2 Å². The molecule has 0 aliphatic heterocycles. The molecule has 0 unspecified atom stereocenters. The molecule has 24 heavy (non-hydrogen) atoms. The monoisotopic (exact) mass is 442 g/mol. The maximum Gasteiger partial charge on any atom is 0.182 e. The van der Waals surface area contributed by atoms with Crippen LogP contribution in [0.2, 0.25) is 10.0 Å². The lowest BCUT2D eigenvalue weighted by Crippen LogP contribution is -2.04. The van der Waals surface area contributed by atoms with Gasteiger partial charge >= 0.3 is 0 Å². The van der Waals surface area contributed by atoms with Crippen LogP contribution in [0.5, 0.6) is 5.75 Å². The van der Waals surface area contributed by atoms with E-state index in [2.05, 4.69) is 26.2 Å². The average molecular weight is 444 g/mol. The fourth-order valence-corrected chi connectivity index (χ4v) is 3.57. The predicted molar refractivity (Wildman–Crippen MR) is 104 cm³/mol. The second-order valence-corrected chi connectivity index (χ2v) is 7.56. The van der Waals surface area contributed by atoms with E-state index in [0.29, 0.717) is 23.2 Å². The molecule has 0 fully saturated rings. The Hall–Kier alpha value is -1.27. The summed E-state index contributed by atoms with van der Waals surface area (Å²) in [4.78, 5) is 4.22. The largest absolute Gasteiger partial charge is 0.488 e. The first-order valence-corrected chi connectivity index (χ1v) is 9.54. The van der Waals surface area contributed by atoms with Gasteiger partial charge in [-0.1, -0.05) is 45.2 Å². The third-order valence-corrected chi connectivity index (χ3v) is 5.25. The van der Waals surface area contributed by atoms with Gasteiger partial charge in [0, 0.05) is 43.8 Å². The third-order valence-electron chi connectivity index (χ3n) is 3.32. The van der Waals surface area contributed by atoms with Crippen LogP contribution in [0, 0.1) is 0 Å². The number of benzene rings is 2. The van der Waals surface area contributed by atoms with Gasteiger partial charge in [-0.2, -0.15) is 0 Å². The Morgan fingerprint density at radius 1 is 1.17 bits per heavy atom. The first-order chi connectivity index (χ1) is 11.6. The van der Waals surface area contributed by atoms with Gasteiger partial charge in [-0.3, -0.25) is 0 Å². The molecule has 124 valence electrons. The quantitative estimate of drug-likeness (QED) is 0.478. The second-order valence-electron chi connectivity index (χ2n) is 4.93. The van der Waals surface area contributed by atoms with E-state index < -0.39 is 0 Å². The Morgan fingerprint density at radius 3 is 2.67 bits per heavy atom. The maximum absolute atomic E-state index is 6.20. The highest BCUT2D eigenvalue weighted by Crippen LogP contribution is 2.29. The van der Waals surface area contributed by atoms with Crippen molar-refractivity contribution in [3.63, 3.8) is 0 Å². The summed E-state index contributed by atoms with van der Waals surface area (Å²) >= 11 is 17.4. The van der Waals surface area contributed by atoms with Crippen molar-refractivity contribution in [3.8, 4) is 5.75 Å². The minimum atomic E-state index is 0.310. The lowest BCUT2D eigenvalue weighted by Gasteiger charge is -2.14. The van der Waals surface area contributed by atoms with Crippen molar-refractivity contribution in [1.82, 2.24) is 4.98 Å². The minimum absolute atomic E-state index is 0.310. The van der Waals surface area contributed by atoms with Crippen molar-refractivity contribution >= 4 is 55.6 Å². The van der Waals surface area contributed by atoms with Crippen molar-refractivity contribution < 1.29 is 4.74 Å². The van der Waals surface area contributed by atoms with E-state index in [1.54, 1.807) is 29.7 Å². The van der Waals surface area contributed by atoms with Crippen molar-refractivity contribution in [2.75, 3.05) is 5.32 Å². The molecule has 1 N–H and O–H groups in total. The van der Waals surface area contributed by atoms with Crippen LogP contribution in [0.4, 0.5) is 5.13 Å². The van der Waals surface area contributed by atoms with Crippen LogP contribution in [-0.4, -0.2) is 4.98 Å². The van der Waals surface area contributed by atoms with E-state index >= 15 is 0 Å². The Morgan fingerprint density at radius 2 is 1.96 bits per heavy atom. The van der Waals surface area contributed by atoms with Gasteiger partial charge in [0.05, 0.1) is 0 Å². The summed E-state index contributed by atoms with van der Waals surface area (Å²) in [7, 11) is 0. The fraction of sp³-hybridized carbons (Fsp3) is 0.118. The van der Waals surface area contributed by atoms with Crippen LogP contribution >= 0.6 is 50.5 Å². The number of hydrogen-bond acceptors (Lipinski definition) is 4. The molecular weight excluding hydrogens is 431 g/mol. The number of nitrogens with one attached hydrogen (secondary N) is 1. The van der Waals surface area contributed by atoms with Gasteiger partial charge in [0.25, 0.3) is 0 Å². The molecule has 3 rings (SSSR count). The molecule has 0 saturated heterocycles. The summed E-state index contributed by atoms with van der Waals surface area (Å²) in [6, 6.07) is 11.3. The molecule has 0 radical (unpaired) electrons. The van der Waals surface area contributed by atoms with Gasteiger partial charge < -0.3 is 10.1 Å². The highest BCUT2D eigenvalue weighted by Gasteiger charge is 2.10. The van der Waals surface area contributed by atoms with Gasteiger partial charge in [-0.05, 0) is 30.3 Å². The topological polar surface area (TPSA) is 34.1 Å². The first-order valence-electron chi connectivity index (χ1n) is 7.11. The van der Waals surface area contributed by atoms with Gasteiger partial charge in [0.1, 0.15) is 12.4 Å². The maximum atomic E-state index is 6.20. The zero-order chi connectivity index (χ0) is 16.9. The number of anilines is 1. The molecule has 0 saturated carbocycles.